The van der Waals surface area contributed by atoms with Gasteiger partial charge in [-0.25, -0.2) is 0 Å². The topological polar surface area (TPSA) is 20.3 Å². The molecule has 0 spiro atoms. The van der Waals surface area contributed by atoms with Crippen molar-refractivity contribution in [2.24, 2.45) is 0 Å². The molecule has 0 amide bonds. The van der Waals surface area contributed by atoms with Crippen LogP contribution in [0.3, 0.4) is 0 Å². The molecule has 0 bridgehead atoms. The summed E-state index contributed by atoms with van der Waals surface area (Å²) >= 11 is 6.16. The number of carbonyl (C=O) groups is 1. The Labute approximate surface area is 102 Å². The predicted molar refractivity (Wildman–Crippen MR) is 69.6 cm³/mol. The van der Waals surface area contributed by atoms with E-state index in [0.29, 0.717) is 16.6 Å². The van der Waals surface area contributed by atoms with E-state index in [2.05, 4.69) is 18.7 Å². The van der Waals surface area contributed by atoms with E-state index < -0.39 is 0 Å². The Bertz CT molecular complexity index is 361. The fraction of sp³-hybridized carbons (Fsp3) is 0.462. The fourth-order valence-corrected chi connectivity index (χ4v) is 2.33. The summed E-state index contributed by atoms with van der Waals surface area (Å²) in [5.41, 5.74) is 1.50. The molecule has 0 aromatic heterocycles. The van der Waals surface area contributed by atoms with E-state index in [1.807, 2.05) is 13.1 Å². The van der Waals surface area contributed by atoms with Crippen LogP contribution < -0.4 is 4.90 Å². The van der Waals surface area contributed by atoms with E-state index in [-0.39, 0.29) is 0 Å². The van der Waals surface area contributed by atoms with E-state index >= 15 is 0 Å². The maximum Gasteiger partial charge on any atom is 0.152 e. The number of halogens is 1. The van der Waals surface area contributed by atoms with Gasteiger partial charge in [0.05, 0.1) is 10.7 Å². The molecule has 0 radical (unpaired) electrons. The van der Waals surface area contributed by atoms with E-state index in [9.17, 15) is 4.79 Å². The Kier molecular flexibility index (Phi) is 4.81. The Morgan fingerprint density at radius 1 is 1.38 bits per heavy atom. The quantitative estimate of drug-likeness (QED) is 0.729. The molecule has 1 aromatic carbocycles. The third kappa shape index (κ3) is 2.56. The molecular formula is C13H18ClNO. The minimum absolute atomic E-state index is 0.415. The summed E-state index contributed by atoms with van der Waals surface area (Å²) in [5.74, 6) is 0. The highest BCUT2D eigenvalue weighted by molar-refractivity contribution is 6.33. The molecule has 0 aliphatic carbocycles. The largest absolute Gasteiger partial charge is 0.370 e. The van der Waals surface area contributed by atoms with Gasteiger partial charge < -0.3 is 4.90 Å². The van der Waals surface area contributed by atoms with Crippen LogP contribution in [0.2, 0.25) is 5.02 Å². The van der Waals surface area contributed by atoms with Crippen LogP contribution in [0.25, 0.3) is 0 Å². The molecule has 3 heteroatoms. The molecule has 0 saturated carbocycles. The van der Waals surface area contributed by atoms with Crippen molar-refractivity contribution in [3.63, 3.8) is 0 Å². The highest BCUT2D eigenvalue weighted by Crippen LogP contribution is 2.30. The van der Waals surface area contributed by atoms with Crippen molar-refractivity contribution in [3.05, 3.63) is 28.8 Å². The van der Waals surface area contributed by atoms with Gasteiger partial charge in [-0.1, -0.05) is 31.5 Å². The maximum atomic E-state index is 11.0. The van der Waals surface area contributed by atoms with Crippen molar-refractivity contribution >= 4 is 23.6 Å². The molecule has 0 saturated heterocycles. The van der Waals surface area contributed by atoms with Crippen molar-refractivity contribution in [1.82, 2.24) is 0 Å². The van der Waals surface area contributed by atoms with Crippen LogP contribution in [0, 0.1) is 0 Å². The molecule has 0 fully saturated rings. The van der Waals surface area contributed by atoms with E-state index in [1.165, 1.54) is 0 Å². The highest BCUT2D eigenvalue weighted by atomic mass is 35.5. The van der Waals surface area contributed by atoms with Crippen molar-refractivity contribution in [2.45, 2.75) is 32.7 Å². The standard InChI is InChI=1S/C13H18ClNO/c1-4-11(5-2)15(3)13-10(9-16)7-6-8-12(13)14/h6-9,11H,4-5H2,1-3H3. The second-order valence-electron chi connectivity index (χ2n) is 3.88. The first-order valence-corrected chi connectivity index (χ1v) is 6.00. The number of hydrogen-bond donors (Lipinski definition) is 0. The van der Waals surface area contributed by atoms with Gasteiger partial charge in [-0.05, 0) is 25.0 Å². The zero-order chi connectivity index (χ0) is 12.1. The van der Waals surface area contributed by atoms with Crippen molar-refractivity contribution in [2.75, 3.05) is 11.9 Å². The number of benzene rings is 1. The molecule has 88 valence electrons. The number of anilines is 1. The zero-order valence-electron chi connectivity index (χ0n) is 10.0. The van der Waals surface area contributed by atoms with Crippen LogP contribution in [0.5, 0.6) is 0 Å². The number of rotatable bonds is 5. The summed E-state index contributed by atoms with van der Waals surface area (Å²) in [6.07, 6.45) is 2.94. The van der Waals surface area contributed by atoms with Crippen LogP contribution in [-0.2, 0) is 0 Å². The number of nitrogens with zero attached hydrogens (tertiary/aromatic N) is 1. The molecule has 16 heavy (non-hydrogen) atoms. The average Bonchev–Trinajstić information content (AvgIpc) is 2.29. The van der Waals surface area contributed by atoms with Crippen molar-refractivity contribution in [1.29, 1.82) is 0 Å². The van der Waals surface area contributed by atoms with Crippen LogP contribution in [0.4, 0.5) is 5.69 Å². The van der Waals surface area contributed by atoms with Gasteiger partial charge >= 0.3 is 0 Å². The van der Waals surface area contributed by atoms with Crippen LogP contribution in [-0.4, -0.2) is 19.4 Å². The summed E-state index contributed by atoms with van der Waals surface area (Å²) in [6, 6.07) is 5.84. The second kappa shape index (κ2) is 5.90. The van der Waals surface area contributed by atoms with Gasteiger partial charge in [0, 0.05) is 18.7 Å². The Balaban J connectivity index is 3.15. The van der Waals surface area contributed by atoms with Crippen LogP contribution in [0.15, 0.2) is 18.2 Å². The number of hydrogen-bond acceptors (Lipinski definition) is 2. The SMILES string of the molecule is CCC(CC)N(C)c1c(Cl)cccc1C=O. The lowest BCUT2D eigenvalue weighted by Gasteiger charge is -2.30. The lowest BCUT2D eigenvalue weighted by molar-refractivity contribution is 0.112. The van der Waals surface area contributed by atoms with E-state index in [4.69, 9.17) is 11.6 Å². The molecule has 0 heterocycles. The lowest BCUT2D eigenvalue weighted by atomic mass is 10.1. The smallest absolute Gasteiger partial charge is 0.152 e. The monoisotopic (exact) mass is 239 g/mol. The van der Waals surface area contributed by atoms with Gasteiger partial charge in [0.1, 0.15) is 0 Å². The fourth-order valence-electron chi connectivity index (χ4n) is 2.02. The van der Waals surface area contributed by atoms with E-state index in [1.54, 1.807) is 12.1 Å². The minimum atomic E-state index is 0.415. The summed E-state index contributed by atoms with van der Waals surface area (Å²) in [4.78, 5) is 13.1. The van der Waals surface area contributed by atoms with Gasteiger partial charge in [0.15, 0.2) is 6.29 Å². The third-order valence-corrected chi connectivity index (χ3v) is 3.29. The van der Waals surface area contributed by atoms with Gasteiger partial charge in [0.25, 0.3) is 0 Å². The molecule has 2 nitrogen and oxygen atoms in total. The Morgan fingerprint density at radius 3 is 2.50 bits per heavy atom. The van der Waals surface area contributed by atoms with Gasteiger partial charge in [0.2, 0.25) is 0 Å². The first kappa shape index (κ1) is 13.0. The lowest BCUT2D eigenvalue weighted by Crippen LogP contribution is -2.31. The van der Waals surface area contributed by atoms with Crippen molar-refractivity contribution in [3.8, 4) is 0 Å². The van der Waals surface area contributed by atoms with Crippen LogP contribution in [0.1, 0.15) is 37.0 Å². The molecule has 0 aliphatic rings. The first-order chi connectivity index (χ1) is 7.65. The third-order valence-electron chi connectivity index (χ3n) is 2.99. The normalized spacial score (nSPS) is 10.6. The van der Waals surface area contributed by atoms with E-state index in [0.717, 1.165) is 24.8 Å². The van der Waals surface area contributed by atoms with Gasteiger partial charge in [-0.3, -0.25) is 4.79 Å². The molecule has 0 unspecified atom stereocenters. The summed E-state index contributed by atoms with van der Waals surface area (Å²) in [6.45, 7) is 4.28. The zero-order valence-corrected chi connectivity index (χ0v) is 10.8. The molecule has 1 rings (SSSR count). The summed E-state index contributed by atoms with van der Waals surface area (Å²) < 4.78 is 0. The Hall–Kier alpha value is -1.02. The number of aldehydes is 1. The second-order valence-corrected chi connectivity index (χ2v) is 4.28. The Morgan fingerprint density at radius 2 is 2.00 bits per heavy atom. The van der Waals surface area contributed by atoms with Crippen molar-refractivity contribution < 1.29 is 4.79 Å². The van der Waals surface area contributed by atoms with Gasteiger partial charge in [-0.15, -0.1) is 0 Å². The molecule has 1 aromatic rings. The van der Waals surface area contributed by atoms with Crippen LogP contribution >= 0.6 is 11.6 Å². The molecule has 0 atom stereocenters. The molecule has 0 N–H and O–H groups in total. The van der Waals surface area contributed by atoms with Gasteiger partial charge in [-0.2, -0.15) is 0 Å². The number of para-hydroxylation sites is 1. The molecule has 0 aliphatic heterocycles. The first-order valence-electron chi connectivity index (χ1n) is 5.62. The summed E-state index contributed by atoms with van der Waals surface area (Å²) in [5, 5.41) is 0.638. The summed E-state index contributed by atoms with van der Waals surface area (Å²) in [7, 11) is 1.99. The molecular weight excluding hydrogens is 222 g/mol. The predicted octanol–water partition coefficient (Wildman–Crippen LogP) is 3.78. The highest BCUT2D eigenvalue weighted by Gasteiger charge is 2.16. The maximum absolute atomic E-state index is 11.0. The number of carbonyl (C=O) groups excluding carboxylic acids is 1. The average molecular weight is 240 g/mol. The minimum Gasteiger partial charge on any atom is -0.370 e.